The summed E-state index contributed by atoms with van der Waals surface area (Å²) >= 11 is 0. The normalized spacial score (nSPS) is 11.0. The minimum Gasteiger partial charge on any atom is -0.508 e. The van der Waals surface area contributed by atoms with Crippen LogP contribution in [0, 0.1) is 6.92 Å². The molecule has 3 rings (SSSR count). The lowest BCUT2D eigenvalue weighted by Gasteiger charge is -2.09. The van der Waals surface area contributed by atoms with Gasteiger partial charge in [0, 0.05) is 23.7 Å². The zero-order chi connectivity index (χ0) is 16.6. The lowest BCUT2D eigenvalue weighted by atomic mass is 10.1. The van der Waals surface area contributed by atoms with E-state index >= 15 is 0 Å². The number of rotatable bonds is 4. The molecule has 0 bridgehead atoms. The molecule has 0 atom stereocenters. The number of carbonyl (C=O) groups is 1. The van der Waals surface area contributed by atoms with Gasteiger partial charge >= 0.3 is 5.97 Å². The SMILES string of the molecule is Cc1c(CC(=O)O)c2ccc(O)cc2n1Cc1cccc(O)c1. The molecule has 0 aliphatic carbocycles. The highest BCUT2D eigenvalue weighted by Crippen LogP contribution is 2.30. The van der Waals surface area contributed by atoms with Crippen LogP contribution in [0.15, 0.2) is 42.5 Å². The Balaban J connectivity index is 2.16. The predicted octanol–water partition coefficient (Wildman–Crippen LogP) is 3.04. The summed E-state index contributed by atoms with van der Waals surface area (Å²) in [5, 5.41) is 29.4. The standard InChI is InChI=1S/C18H17NO4/c1-11-16(9-18(22)23)15-6-5-14(21)8-17(15)19(11)10-12-3-2-4-13(20)7-12/h2-8,20-21H,9-10H2,1H3,(H,22,23). The Labute approximate surface area is 133 Å². The van der Waals surface area contributed by atoms with Gasteiger partial charge in [-0.3, -0.25) is 4.79 Å². The van der Waals surface area contributed by atoms with Crippen molar-refractivity contribution in [3.05, 3.63) is 59.3 Å². The first-order valence-electron chi connectivity index (χ1n) is 7.26. The quantitative estimate of drug-likeness (QED) is 0.691. The van der Waals surface area contributed by atoms with Gasteiger partial charge < -0.3 is 19.9 Å². The molecule has 0 aliphatic heterocycles. The minimum atomic E-state index is -0.891. The van der Waals surface area contributed by atoms with Crippen molar-refractivity contribution < 1.29 is 20.1 Å². The van der Waals surface area contributed by atoms with Gasteiger partial charge in [-0.1, -0.05) is 12.1 Å². The summed E-state index contributed by atoms with van der Waals surface area (Å²) < 4.78 is 1.96. The fraction of sp³-hybridized carbons (Fsp3) is 0.167. The fourth-order valence-corrected chi connectivity index (χ4v) is 2.95. The first-order valence-corrected chi connectivity index (χ1v) is 7.26. The summed E-state index contributed by atoms with van der Waals surface area (Å²) in [6, 6.07) is 11.9. The van der Waals surface area contributed by atoms with Gasteiger partial charge in [-0.25, -0.2) is 0 Å². The van der Waals surface area contributed by atoms with Crippen LogP contribution in [-0.2, 0) is 17.8 Å². The van der Waals surface area contributed by atoms with E-state index in [1.807, 2.05) is 17.6 Å². The van der Waals surface area contributed by atoms with Crippen molar-refractivity contribution in [3.63, 3.8) is 0 Å². The van der Waals surface area contributed by atoms with Crippen LogP contribution in [0.5, 0.6) is 11.5 Å². The highest BCUT2D eigenvalue weighted by molar-refractivity contribution is 5.90. The van der Waals surface area contributed by atoms with Gasteiger partial charge in [0.05, 0.1) is 11.9 Å². The van der Waals surface area contributed by atoms with Crippen LogP contribution in [-0.4, -0.2) is 25.9 Å². The number of nitrogens with zero attached hydrogens (tertiary/aromatic N) is 1. The molecular formula is C18H17NO4. The second kappa shape index (κ2) is 5.68. The number of carboxylic acids is 1. The van der Waals surface area contributed by atoms with Crippen LogP contribution in [0.3, 0.4) is 0 Å². The molecule has 3 aromatic rings. The van der Waals surface area contributed by atoms with E-state index in [0.29, 0.717) is 6.54 Å². The number of carboxylic acid groups (broad SMARTS) is 1. The molecule has 0 spiro atoms. The molecule has 3 N–H and O–H groups in total. The molecule has 0 unspecified atom stereocenters. The largest absolute Gasteiger partial charge is 0.508 e. The summed E-state index contributed by atoms with van der Waals surface area (Å²) in [6.07, 6.45) is -0.0693. The van der Waals surface area contributed by atoms with Gasteiger partial charge in [0.25, 0.3) is 0 Å². The number of aliphatic carboxylic acids is 1. The summed E-state index contributed by atoms with van der Waals surface area (Å²) in [4.78, 5) is 11.2. The van der Waals surface area contributed by atoms with Gasteiger partial charge in [0.15, 0.2) is 0 Å². The molecular weight excluding hydrogens is 294 g/mol. The van der Waals surface area contributed by atoms with Gasteiger partial charge in [-0.15, -0.1) is 0 Å². The summed E-state index contributed by atoms with van der Waals surface area (Å²) in [6.45, 7) is 2.36. The van der Waals surface area contributed by atoms with Crippen molar-refractivity contribution in [3.8, 4) is 11.5 Å². The summed E-state index contributed by atoms with van der Waals surface area (Å²) in [5.74, 6) is -0.572. The van der Waals surface area contributed by atoms with Gasteiger partial charge in [0.2, 0.25) is 0 Å². The average molecular weight is 311 g/mol. The number of fused-ring (bicyclic) bond motifs is 1. The number of hydrogen-bond donors (Lipinski definition) is 3. The van der Waals surface area contributed by atoms with Crippen LogP contribution in [0.1, 0.15) is 16.8 Å². The second-order valence-corrected chi connectivity index (χ2v) is 5.59. The van der Waals surface area contributed by atoms with Crippen LogP contribution in [0.2, 0.25) is 0 Å². The Morgan fingerprint density at radius 2 is 1.83 bits per heavy atom. The Hall–Kier alpha value is -2.95. The number of benzene rings is 2. The first kappa shape index (κ1) is 15.0. The first-order chi connectivity index (χ1) is 11.0. The van der Waals surface area contributed by atoms with Gasteiger partial charge in [-0.2, -0.15) is 0 Å². The van der Waals surface area contributed by atoms with Crippen LogP contribution in [0.25, 0.3) is 10.9 Å². The van der Waals surface area contributed by atoms with E-state index in [1.165, 1.54) is 0 Å². The maximum Gasteiger partial charge on any atom is 0.307 e. The van der Waals surface area contributed by atoms with Crippen molar-refractivity contribution in [1.82, 2.24) is 4.57 Å². The summed E-state index contributed by atoms with van der Waals surface area (Å²) in [5.41, 5.74) is 3.27. The minimum absolute atomic E-state index is 0.0693. The molecule has 0 aliphatic rings. The number of aromatic hydroxyl groups is 2. The smallest absolute Gasteiger partial charge is 0.307 e. The zero-order valence-electron chi connectivity index (χ0n) is 12.7. The van der Waals surface area contributed by atoms with E-state index in [9.17, 15) is 15.0 Å². The molecule has 5 heteroatoms. The van der Waals surface area contributed by atoms with Crippen LogP contribution < -0.4 is 0 Å². The number of aromatic nitrogens is 1. The van der Waals surface area contributed by atoms with E-state index in [2.05, 4.69) is 0 Å². The Morgan fingerprint density at radius 1 is 1.09 bits per heavy atom. The van der Waals surface area contributed by atoms with E-state index in [1.54, 1.807) is 36.4 Å². The molecule has 5 nitrogen and oxygen atoms in total. The van der Waals surface area contributed by atoms with E-state index in [-0.39, 0.29) is 17.9 Å². The fourth-order valence-electron chi connectivity index (χ4n) is 2.95. The van der Waals surface area contributed by atoms with Crippen LogP contribution >= 0.6 is 0 Å². The molecule has 1 heterocycles. The highest BCUT2D eigenvalue weighted by Gasteiger charge is 2.17. The van der Waals surface area contributed by atoms with Crippen molar-refractivity contribution in [2.75, 3.05) is 0 Å². The monoisotopic (exact) mass is 311 g/mol. The predicted molar refractivity (Wildman–Crippen MR) is 86.9 cm³/mol. The van der Waals surface area contributed by atoms with Gasteiger partial charge in [0.1, 0.15) is 11.5 Å². The van der Waals surface area contributed by atoms with E-state index < -0.39 is 5.97 Å². The van der Waals surface area contributed by atoms with Gasteiger partial charge in [-0.05, 0) is 42.3 Å². The Morgan fingerprint density at radius 3 is 2.52 bits per heavy atom. The molecule has 0 fully saturated rings. The van der Waals surface area contributed by atoms with Crippen molar-refractivity contribution in [1.29, 1.82) is 0 Å². The summed E-state index contributed by atoms with van der Waals surface area (Å²) in [7, 11) is 0. The molecule has 118 valence electrons. The topological polar surface area (TPSA) is 82.7 Å². The molecule has 1 aromatic heterocycles. The molecule has 23 heavy (non-hydrogen) atoms. The maximum atomic E-state index is 11.2. The van der Waals surface area contributed by atoms with E-state index in [4.69, 9.17) is 5.11 Å². The number of hydrogen-bond acceptors (Lipinski definition) is 3. The van der Waals surface area contributed by atoms with Crippen molar-refractivity contribution in [2.24, 2.45) is 0 Å². The maximum absolute atomic E-state index is 11.2. The third-order valence-corrected chi connectivity index (χ3v) is 4.02. The van der Waals surface area contributed by atoms with Crippen LogP contribution in [0.4, 0.5) is 0 Å². The molecule has 0 radical (unpaired) electrons. The number of phenols is 2. The third-order valence-electron chi connectivity index (χ3n) is 4.02. The third kappa shape index (κ3) is 2.85. The van der Waals surface area contributed by atoms with Crippen molar-refractivity contribution >= 4 is 16.9 Å². The molecule has 0 amide bonds. The Bertz CT molecular complexity index is 895. The second-order valence-electron chi connectivity index (χ2n) is 5.59. The molecule has 0 saturated heterocycles. The van der Waals surface area contributed by atoms with E-state index in [0.717, 1.165) is 27.7 Å². The lowest BCUT2D eigenvalue weighted by molar-refractivity contribution is -0.136. The zero-order valence-corrected chi connectivity index (χ0v) is 12.7. The lowest BCUT2D eigenvalue weighted by Crippen LogP contribution is -2.05. The Kier molecular flexibility index (Phi) is 3.70. The van der Waals surface area contributed by atoms with Crippen molar-refractivity contribution in [2.45, 2.75) is 19.9 Å². The number of phenolic OH excluding ortho intramolecular Hbond substituents is 2. The molecule has 2 aromatic carbocycles. The molecule has 0 saturated carbocycles. The average Bonchev–Trinajstić information content (AvgIpc) is 2.72. The highest BCUT2D eigenvalue weighted by atomic mass is 16.4.